The second kappa shape index (κ2) is 2.45. The molecule has 0 aromatic heterocycles. The molecule has 3 N–H and O–H groups in total. The lowest BCUT2D eigenvalue weighted by Gasteiger charge is -2.14. The quantitative estimate of drug-likeness (QED) is 0.235. The molecule has 3 amide bonds. The molecule has 0 spiro atoms. The summed E-state index contributed by atoms with van der Waals surface area (Å²) in [4.78, 5) is 32.0. The van der Waals surface area contributed by atoms with Crippen LogP contribution in [-0.4, -0.2) is 35.8 Å². The molecular formula is C5H6N2O5. The molecule has 1 heterocycles. The second-order valence-corrected chi connectivity index (χ2v) is 2.11. The highest BCUT2D eigenvalue weighted by Gasteiger charge is 2.52. The third-order valence-electron chi connectivity index (χ3n) is 1.33. The summed E-state index contributed by atoms with van der Waals surface area (Å²) < 4.78 is 4.09. The largest absolute Gasteiger partial charge is 0.465 e. The molecule has 0 aromatic rings. The molecule has 7 heteroatoms. The average Bonchev–Trinajstić information content (AvgIpc) is 2.26. The van der Waals surface area contributed by atoms with Crippen molar-refractivity contribution in [3.63, 3.8) is 0 Å². The number of urea groups is 1. The van der Waals surface area contributed by atoms with Gasteiger partial charge in [-0.15, -0.1) is 0 Å². The van der Waals surface area contributed by atoms with Gasteiger partial charge in [0.15, 0.2) is 0 Å². The normalized spacial score (nSPS) is 27.8. The SMILES string of the molecule is COC(=O)C1(O)NC(=O)NC1=O. The zero-order chi connectivity index (χ0) is 9.35. The van der Waals surface area contributed by atoms with Crippen molar-refractivity contribution >= 4 is 17.9 Å². The maximum Gasteiger partial charge on any atom is 0.369 e. The third kappa shape index (κ3) is 0.996. The summed E-state index contributed by atoms with van der Waals surface area (Å²) in [6.45, 7) is 0. The number of esters is 1. The molecule has 1 rings (SSSR count). The minimum absolute atomic E-state index is 0.937. The Morgan fingerprint density at radius 1 is 1.58 bits per heavy atom. The Kier molecular flexibility index (Phi) is 1.73. The van der Waals surface area contributed by atoms with Gasteiger partial charge in [-0.3, -0.25) is 15.4 Å². The van der Waals surface area contributed by atoms with E-state index >= 15 is 0 Å². The van der Waals surface area contributed by atoms with E-state index < -0.39 is 23.6 Å². The molecule has 0 aromatic carbocycles. The van der Waals surface area contributed by atoms with Crippen LogP contribution in [0.15, 0.2) is 0 Å². The molecule has 1 aliphatic rings. The summed E-state index contributed by atoms with van der Waals surface area (Å²) in [6.07, 6.45) is 0. The fourth-order valence-electron chi connectivity index (χ4n) is 0.737. The Morgan fingerprint density at radius 2 is 2.17 bits per heavy atom. The van der Waals surface area contributed by atoms with Crippen molar-refractivity contribution in [3.05, 3.63) is 0 Å². The minimum Gasteiger partial charge on any atom is -0.465 e. The van der Waals surface area contributed by atoms with E-state index in [1.807, 2.05) is 0 Å². The van der Waals surface area contributed by atoms with E-state index in [-0.39, 0.29) is 0 Å². The molecule has 66 valence electrons. The summed E-state index contributed by atoms with van der Waals surface area (Å²) in [5.74, 6) is -2.37. The topological polar surface area (TPSA) is 105 Å². The van der Waals surface area contributed by atoms with Crippen molar-refractivity contribution in [1.82, 2.24) is 10.6 Å². The van der Waals surface area contributed by atoms with E-state index in [4.69, 9.17) is 0 Å². The van der Waals surface area contributed by atoms with Crippen LogP contribution in [0.5, 0.6) is 0 Å². The highest BCUT2D eigenvalue weighted by molar-refractivity contribution is 6.17. The highest BCUT2D eigenvalue weighted by atomic mass is 16.5. The molecule has 12 heavy (non-hydrogen) atoms. The van der Waals surface area contributed by atoms with Gasteiger partial charge < -0.3 is 9.84 Å². The first-order valence-electron chi connectivity index (χ1n) is 2.95. The number of carbonyl (C=O) groups is 3. The van der Waals surface area contributed by atoms with E-state index in [0.717, 1.165) is 7.11 Å². The molecule has 1 saturated heterocycles. The molecule has 1 unspecified atom stereocenters. The molecule has 0 radical (unpaired) electrons. The minimum atomic E-state index is -2.58. The van der Waals surface area contributed by atoms with Crippen molar-refractivity contribution in [1.29, 1.82) is 0 Å². The standard InChI is InChI=1S/C5H6N2O5/c1-12-3(9)5(11)2(8)6-4(10)7-5/h11H,1H3,(H2,6,7,8,10). The van der Waals surface area contributed by atoms with Gasteiger partial charge in [-0.1, -0.05) is 0 Å². The number of carbonyl (C=O) groups excluding carboxylic acids is 3. The zero-order valence-corrected chi connectivity index (χ0v) is 6.08. The number of nitrogens with one attached hydrogen (secondary N) is 2. The van der Waals surface area contributed by atoms with Gasteiger partial charge in [0.2, 0.25) is 0 Å². The summed E-state index contributed by atoms with van der Waals surface area (Å²) in [5, 5.41) is 12.6. The van der Waals surface area contributed by atoms with E-state index in [2.05, 4.69) is 4.74 Å². The Balaban J connectivity index is 2.92. The second-order valence-electron chi connectivity index (χ2n) is 2.11. The number of ether oxygens (including phenoxy) is 1. The molecule has 0 saturated carbocycles. The van der Waals surface area contributed by atoms with E-state index in [9.17, 15) is 19.5 Å². The summed E-state index contributed by atoms with van der Waals surface area (Å²) in [7, 11) is 0.984. The first-order chi connectivity index (χ1) is 5.50. The summed E-state index contributed by atoms with van der Waals surface area (Å²) in [6, 6.07) is -0.937. The van der Waals surface area contributed by atoms with Crippen molar-refractivity contribution in [3.8, 4) is 0 Å². The Morgan fingerprint density at radius 3 is 2.50 bits per heavy atom. The van der Waals surface area contributed by atoms with Crippen LogP contribution in [0.4, 0.5) is 4.79 Å². The lowest BCUT2D eigenvalue weighted by atomic mass is 10.2. The molecule has 1 aliphatic heterocycles. The number of hydrogen-bond donors (Lipinski definition) is 3. The predicted octanol–water partition coefficient (Wildman–Crippen LogP) is -2.31. The van der Waals surface area contributed by atoms with E-state index in [1.165, 1.54) is 0 Å². The van der Waals surface area contributed by atoms with Crippen LogP contribution >= 0.6 is 0 Å². The molecule has 0 aliphatic carbocycles. The Hall–Kier alpha value is -1.63. The fraction of sp³-hybridized carbons (Fsp3) is 0.400. The first-order valence-corrected chi connectivity index (χ1v) is 2.95. The Labute approximate surface area is 66.7 Å². The summed E-state index contributed by atoms with van der Waals surface area (Å²) >= 11 is 0. The first kappa shape index (κ1) is 8.47. The number of rotatable bonds is 1. The molecule has 7 nitrogen and oxygen atoms in total. The van der Waals surface area contributed by atoms with Crippen LogP contribution in [0.1, 0.15) is 0 Å². The number of imide groups is 1. The summed E-state index contributed by atoms with van der Waals surface area (Å²) in [5.41, 5.74) is -2.58. The van der Waals surface area contributed by atoms with Crippen molar-refractivity contribution < 1.29 is 24.2 Å². The van der Waals surface area contributed by atoms with Gasteiger partial charge in [0.25, 0.3) is 5.91 Å². The third-order valence-corrected chi connectivity index (χ3v) is 1.33. The van der Waals surface area contributed by atoms with Gasteiger partial charge in [0.1, 0.15) is 0 Å². The van der Waals surface area contributed by atoms with Crippen LogP contribution in [0, 0.1) is 0 Å². The number of hydrogen-bond acceptors (Lipinski definition) is 5. The number of aliphatic hydroxyl groups is 1. The Bertz CT molecular complexity index is 263. The average molecular weight is 174 g/mol. The highest BCUT2D eigenvalue weighted by Crippen LogP contribution is 2.07. The van der Waals surface area contributed by atoms with E-state index in [1.54, 1.807) is 10.6 Å². The fourth-order valence-corrected chi connectivity index (χ4v) is 0.737. The number of methoxy groups -OCH3 is 1. The van der Waals surface area contributed by atoms with Gasteiger partial charge in [0.05, 0.1) is 7.11 Å². The molecule has 1 atom stereocenters. The van der Waals surface area contributed by atoms with Crippen LogP contribution in [0.3, 0.4) is 0 Å². The number of amides is 3. The zero-order valence-electron chi connectivity index (χ0n) is 6.08. The monoisotopic (exact) mass is 174 g/mol. The van der Waals surface area contributed by atoms with Gasteiger partial charge >= 0.3 is 17.7 Å². The van der Waals surface area contributed by atoms with Crippen molar-refractivity contribution in [2.75, 3.05) is 7.11 Å². The molecule has 0 bridgehead atoms. The van der Waals surface area contributed by atoms with Crippen molar-refractivity contribution in [2.45, 2.75) is 5.72 Å². The van der Waals surface area contributed by atoms with Gasteiger partial charge in [-0.05, 0) is 0 Å². The van der Waals surface area contributed by atoms with Crippen LogP contribution in [-0.2, 0) is 14.3 Å². The van der Waals surface area contributed by atoms with Crippen LogP contribution in [0.2, 0.25) is 0 Å². The predicted molar refractivity (Wildman–Crippen MR) is 33.6 cm³/mol. The smallest absolute Gasteiger partial charge is 0.369 e. The van der Waals surface area contributed by atoms with Gasteiger partial charge in [-0.2, -0.15) is 0 Å². The lowest BCUT2D eigenvalue weighted by molar-refractivity contribution is -0.168. The van der Waals surface area contributed by atoms with E-state index in [0.29, 0.717) is 0 Å². The molecule has 1 fully saturated rings. The van der Waals surface area contributed by atoms with Crippen LogP contribution in [0.25, 0.3) is 0 Å². The van der Waals surface area contributed by atoms with Gasteiger partial charge in [-0.25, -0.2) is 9.59 Å². The maximum absolute atomic E-state index is 10.8. The molecular weight excluding hydrogens is 168 g/mol. The van der Waals surface area contributed by atoms with Crippen LogP contribution < -0.4 is 10.6 Å². The maximum atomic E-state index is 10.8. The van der Waals surface area contributed by atoms with Gasteiger partial charge in [0, 0.05) is 0 Å². The van der Waals surface area contributed by atoms with Crippen molar-refractivity contribution in [2.24, 2.45) is 0 Å². The lowest BCUT2D eigenvalue weighted by Crippen LogP contribution is -2.54.